The Bertz CT molecular complexity index is 255. The Morgan fingerprint density at radius 2 is 1.87 bits per heavy atom. The molecule has 0 aromatic carbocycles. The van der Waals surface area contributed by atoms with Gasteiger partial charge in [-0.15, -0.1) is 0 Å². The quantitative estimate of drug-likeness (QED) is 0.627. The van der Waals surface area contributed by atoms with Crippen LogP contribution in [0, 0.1) is 0 Å². The molecule has 4 nitrogen and oxygen atoms in total. The molecule has 2 saturated carbocycles. The molecule has 0 saturated heterocycles. The van der Waals surface area contributed by atoms with Crippen molar-refractivity contribution < 1.29 is 9.90 Å². The van der Waals surface area contributed by atoms with Crippen LogP contribution in [-0.4, -0.2) is 28.7 Å². The SMILES string of the molecule is NC1(CC(=O)NC2(CO)CC2)CCCC1. The van der Waals surface area contributed by atoms with E-state index in [1.54, 1.807) is 0 Å². The highest BCUT2D eigenvalue weighted by Crippen LogP contribution is 2.35. The van der Waals surface area contributed by atoms with Gasteiger partial charge in [-0.3, -0.25) is 4.79 Å². The highest BCUT2D eigenvalue weighted by Gasteiger charge is 2.44. The van der Waals surface area contributed by atoms with E-state index in [0.29, 0.717) is 6.42 Å². The fourth-order valence-electron chi connectivity index (χ4n) is 2.39. The first-order valence-electron chi connectivity index (χ1n) is 5.78. The number of hydrogen-bond acceptors (Lipinski definition) is 3. The summed E-state index contributed by atoms with van der Waals surface area (Å²) in [5, 5.41) is 12.0. The molecule has 0 bridgehead atoms. The van der Waals surface area contributed by atoms with Crippen molar-refractivity contribution in [3.8, 4) is 0 Å². The zero-order valence-electron chi connectivity index (χ0n) is 9.09. The van der Waals surface area contributed by atoms with Crippen LogP contribution in [0.25, 0.3) is 0 Å². The fraction of sp³-hybridized carbons (Fsp3) is 0.909. The minimum Gasteiger partial charge on any atom is -0.394 e. The largest absolute Gasteiger partial charge is 0.394 e. The zero-order chi connectivity index (χ0) is 10.9. The summed E-state index contributed by atoms with van der Waals surface area (Å²) in [4.78, 5) is 11.7. The smallest absolute Gasteiger partial charge is 0.222 e. The van der Waals surface area contributed by atoms with Crippen molar-refractivity contribution in [3.63, 3.8) is 0 Å². The van der Waals surface area contributed by atoms with Gasteiger partial charge in [-0.1, -0.05) is 12.8 Å². The molecular formula is C11H20N2O2. The van der Waals surface area contributed by atoms with Crippen LogP contribution in [-0.2, 0) is 4.79 Å². The van der Waals surface area contributed by atoms with Crippen LogP contribution in [0.15, 0.2) is 0 Å². The van der Waals surface area contributed by atoms with Crippen molar-refractivity contribution in [1.29, 1.82) is 0 Å². The third-order valence-electron chi connectivity index (χ3n) is 3.67. The molecule has 1 amide bonds. The maximum atomic E-state index is 11.7. The standard InChI is InChI=1S/C11H20N2O2/c12-10(3-1-2-4-10)7-9(15)13-11(8-14)5-6-11/h14H,1-8,12H2,(H,13,15). The normalized spacial score (nSPS) is 26.3. The minimum absolute atomic E-state index is 0.00551. The van der Waals surface area contributed by atoms with Gasteiger partial charge in [0.25, 0.3) is 0 Å². The van der Waals surface area contributed by atoms with Gasteiger partial charge in [0.2, 0.25) is 5.91 Å². The highest BCUT2D eigenvalue weighted by atomic mass is 16.3. The highest BCUT2D eigenvalue weighted by molar-refractivity contribution is 5.78. The lowest BCUT2D eigenvalue weighted by molar-refractivity contribution is -0.123. The molecule has 15 heavy (non-hydrogen) atoms. The summed E-state index contributed by atoms with van der Waals surface area (Å²) in [6.45, 7) is 0.0519. The Balaban J connectivity index is 1.82. The van der Waals surface area contributed by atoms with Crippen molar-refractivity contribution in [2.45, 2.75) is 56.0 Å². The number of carbonyl (C=O) groups is 1. The fourth-order valence-corrected chi connectivity index (χ4v) is 2.39. The van der Waals surface area contributed by atoms with Gasteiger partial charge in [0.15, 0.2) is 0 Å². The number of nitrogens with two attached hydrogens (primary N) is 1. The molecule has 0 aliphatic heterocycles. The van der Waals surface area contributed by atoms with Crippen LogP contribution < -0.4 is 11.1 Å². The number of amides is 1. The summed E-state index contributed by atoms with van der Waals surface area (Å²) in [6, 6.07) is 0. The lowest BCUT2D eigenvalue weighted by Gasteiger charge is -2.24. The predicted molar refractivity (Wildman–Crippen MR) is 57.2 cm³/mol. The molecule has 0 unspecified atom stereocenters. The van der Waals surface area contributed by atoms with E-state index in [9.17, 15) is 4.79 Å². The number of rotatable bonds is 4. The molecule has 2 fully saturated rings. The number of carbonyl (C=O) groups excluding carboxylic acids is 1. The summed E-state index contributed by atoms with van der Waals surface area (Å²) >= 11 is 0. The molecule has 0 spiro atoms. The summed E-state index contributed by atoms with van der Waals surface area (Å²) in [5.74, 6) is 0.00551. The van der Waals surface area contributed by atoms with E-state index in [1.165, 1.54) is 0 Å². The first-order chi connectivity index (χ1) is 7.08. The third kappa shape index (κ3) is 2.49. The molecule has 0 atom stereocenters. The van der Waals surface area contributed by atoms with E-state index in [-0.39, 0.29) is 23.6 Å². The summed E-state index contributed by atoms with van der Waals surface area (Å²) in [7, 11) is 0. The van der Waals surface area contributed by atoms with Gasteiger partial charge in [-0.05, 0) is 25.7 Å². The Hall–Kier alpha value is -0.610. The summed E-state index contributed by atoms with van der Waals surface area (Å²) in [5.41, 5.74) is 5.54. The van der Waals surface area contributed by atoms with Crippen molar-refractivity contribution in [1.82, 2.24) is 5.32 Å². The topological polar surface area (TPSA) is 75.4 Å². The number of nitrogens with one attached hydrogen (secondary N) is 1. The van der Waals surface area contributed by atoms with Gasteiger partial charge in [0.05, 0.1) is 12.1 Å². The lowest BCUT2D eigenvalue weighted by atomic mass is 9.94. The molecule has 0 aromatic heterocycles. The number of hydrogen-bond donors (Lipinski definition) is 3. The van der Waals surface area contributed by atoms with Crippen molar-refractivity contribution >= 4 is 5.91 Å². The van der Waals surface area contributed by atoms with Crippen LogP contribution >= 0.6 is 0 Å². The Kier molecular flexibility index (Phi) is 2.73. The van der Waals surface area contributed by atoms with Crippen molar-refractivity contribution in [3.05, 3.63) is 0 Å². The van der Waals surface area contributed by atoms with Crippen LogP contribution in [0.3, 0.4) is 0 Å². The Morgan fingerprint density at radius 3 is 2.33 bits per heavy atom. The molecule has 0 heterocycles. The molecule has 2 aliphatic carbocycles. The predicted octanol–water partition coefficient (Wildman–Crippen LogP) is 0.289. The van der Waals surface area contributed by atoms with Crippen LogP contribution in [0.5, 0.6) is 0 Å². The molecule has 4 heteroatoms. The second-order valence-electron chi connectivity index (χ2n) is 5.23. The molecule has 4 N–H and O–H groups in total. The van der Waals surface area contributed by atoms with Crippen molar-refractivity contribution in [2.24, 2.45) is 5.73 Å². The van der Waals surface area contributed by atoms with Gasteiger partial charge >= 0.3 is 0 Å². The monoisotopic (exact) mass is 212 g/mol. The second-order valence-corrected chi connectivity index (χ2v) is 5.23. The summed E-state index contributed by atoms with van der Waals surface area (Å²) < 4.78 is 0. The molecule has 0 aromatic rings. The van der Waals surface area contributed by atoms with Crippen LogP contribution in [0.2, 0.25) is 0 Å². The molecular weight excluding hydrogens is 192 g/mol. The van der Waals surface area contributed by atoms with E-state index >= 15 is 0 Å². The average molecular weight is 212 g/mol. The zero-order valence-corrected chi connectivity index (χ0v) is 9.09. The first kappa shape index (κ1) is 10.9. The van der Waals surface area contributed by atoms with E-state index in [4.69, 9.17) is 10.8 Å². The van der Waals surface area contributed by atoms with E-state index in [0.717, 1.165) is 38.5 Å². The van der Waals surface area contributed by atoms with Gasteiger partial charge in [0.1, 0.15) is 0 Å². The Labute approximate surface area is 90.2 Å². The number of aliphatic hydroxyl groups is 1. The van der Waals surface area contributed by atoms with Crippen molar-refractivity contribution in [2.75, 3.05) is 6.61 Å². The summed E-state index contributed by atoms with van der Waals surface area (Å²) in [6.07, 6.45) is 6.37. The van der Waals surface area contributed by atoms with E-state index < -0.39 is 0 Å². The molecule has 0 radical (unpaired) electrons. The maximum Gasteiger partial charge on any atom is 0.222 e. The Morgan fingerprint density at radius 1 is 1.27 bits per heavy atom. The maximum absolute atomic E-state index is 11.7. The molecule has 86 valence electrons. The number of aliphatic hydroxyl groups excluding tert-OH is 1. The minimum atomic E-state index is -0.300. The van der Waals surface area contributed by atoms with E-state index in [1.807, 2.05) is 0 Å². The second kappa shape index (κ2) is 3.76. The average Bonchev–Trinajstić information content (AvgIpc) is 2.82. The van der Waals surface area contributed by atoms with Crippen LogP contribution in [0.1, 0.15) is 44.9 Å². The van der Waals surface area contributed by atoms with Crippen LogP contribution in [0.4, 0.5) is 0 Å². The van der Waals surface area contributed by atoms with E-state index in [2.05, 4.69) is 5.32 Å². The van der Waals surface area contributed by atoms with Gasteiger partial charge in [-0.2, -0.15) is 0 Å². The third-order valence-corrected chi connectivity index (χ3v) is 3.67. The molecule has 2 aliphatic rings. The van der Waals surface area contributed by atoms with Gasteiger partial charge in [0, 0.05) is 12.0 Å². The first-order valence-corrected chi connectivity index (χ1v) is 5.78. The molecule has 2 rings (SSSR count). The lowest BCUT2D eigenvalue weighted by Crippen LogP contribution is -2.46. The van der Waals surface area contributed by atoms with Gasteiger partial charge in [-0.25, -0.2) is 0 Å². The van der Waals surface area contributed by atoms with Gasteiger partial charge < -0.3 is 16.2 Å².